The summed E-state index contributed by atoms with van der Waals surface area (Å²) in [5.41, 5.74) is 4.70. The Bertz CT molecular complexity index is 434. The number of likely N-dealkylation sites (N-methyl/N-ethyl adjacent to an activating group) is 2. The third-order valence-electron chi connectivity index (χ3n) is 2.17. The van der Waals surface area contributed by atoms with Crippen molar-refractivity contribution >= 4 is 19.5 Å². The van der Waals surface area contributed by atoms with E-state index in [1.54, 1.807) is 19.0 Å². The van der Waals surface area contributed by atoms with E-state index in [1.165, 1.54) is 0 Å². The average molecular weight is 392 g/mol. The molecule has 0 aliphatic rings. The molecule has 0 aromatic rings. The Kier molecular flexibility index (Phi) is 15.1. The SMILES string of the molecule is CN(C)CC(=O)O.C[N+](C)(C)CCO.N[C@H](C(=O)O)C(O)P(=O)(O)O. The number of nitrogens with two attached hydrogens (primary N) is 1. The number of aliphatic hydroxyl groups is 2. The van der Waals surface area contributed by atoms with Gasteiger partial charge >= 0.3 is 19.5 Å². The maximum absolute atomic E-state index is 10.2. The summed E-state index contributed by atoms with van der Waals surface area (Å²) < 4.78 is 11.0. The third kappa shape index (κ3) is 22.9. The van der Waals surface area contributed by atoms with Gasteiger partial charge in [0.15, 0.2) is 5.85 Å². The summed E-state index contributed by atoms with van der Waals surface area (Å²) in [5, 5.41) is 33.1. The smallest absolute Gasteiger partial charge is 0.356 e. The fourth-order valence-corrected chi connectivity index (χ4v) is 1.45. The van der Waals surface area contributed by atoms with Gasteiger partial charge in [-0.2, -0.15) is 0 Å². The maximum Gasteiger partial charge on any atom is 0.356 e. The monoisotopic (exact) mass is 392 g/mol. The summed E-state index contributed by atoms with van der Waals surface area (Å²) in [7, 11) is 4.77. The highest BCUT2D eigenvalue weighted by molar-refractivity contribution is 7.52. The second-order valence-corrected chi connectivity index (χ2v) is 7.94. The largest absolute Gasteiger partial charge is 0.480 e. The van der Waals surface area contributed by atoms with Crippen molar-refractivity contribution in [2.75, 3.05) is 54.9 Å². The van der Waals surface area contributed by atoms with Gasteiger partial charge in [0.25, 0.3) is 0 Å². The van der Waals surface area contributed by atoms with Crippen molar-refractivity contribution in [3.63, 3.8) is 0 Å². The molecule has 13 heteroatoms. The molecule has 0 aromatic heterocycles. The van der Waals surface area contributed by atoms with Gasteiger partial charge in [-0.1, -0.05) is 0 Å². The van der Waals surface area contributed by atoms with Crippen molar-refractivity contribution in [2.45, 2.75) is 11.9 Å². The second kappa shape index (κ2) is 13.1. The van der Waals surface area contributed by atoms with Crippen LogP contribution in [0.25, 0.3) is 0 Å². The highest BCUT2D eigenvalue weighted by Gasteiger charge is 2.36. The number of rotatable bonds is 7. The molecule has 0 aliphatic heterocycles. The average Bonchev–Trinajstić information content (AvgIpc) is 2.33. The summed E-state index contributed by atoms with van der Waals surface area (Å²) >= 11 is 0. The zero-order valence-corrected chi connectivity index (χ0v) is 16.0. The van der Waals surface area contributed by atoms with Crippen molar-refractivity contribution in [3.8, 4) is 0 Å². The summed E-state index contributed by atoms with van der Waals surface area (Å²) in [6.45, 7) is 1.23. The van der Waals surface area contributed by atoms with Crippen LogP contribution < -0.4 is 5.73 Å². The molecule has 0 aliphatic carbocycles. The zero-order valence-electron chi connectivity index (χ0n) is 15.1. The Morgan fingerprint density at radius 2 is 1.56 bits per heavy atom. The number of carbonyl (C=O) groups is 2. The van der Waals surface area contributed by atoms with Gasteiger partial charge in [0, 0.05) is 0 Å². The van der Waals surface area contributed by atoms with Crippen LogP contribution in [0.2, 0.25) is 0 Å². The fraction of sp³-hybridized carbons (Fsp3) is 0.833. The summed E-state index contributed by atoms with van der Waals surface area (Å²) in [5.74, 6) is -4.80. The molecule has 0 spiro atoms. The molecule has 0 saturated carbocycles. The summed E-state index contributed by atoms with van der Waals surface area (Å²) in [4.78, 5) is 37.8. The van der Waals surface area contributed by atoms with Gasteiger partial charge in [0.05, 0.1) is 34.3 Å². The van der Waals surface area contributed by atoms with Gasteiger partial charge in [-0.25, -0.2) is 0 Å². The number of aliphatic hydroxyl groups excluding tert-OH is 2. The highest BCUT2D eigenvalue weighted by atomic mass is 31.2. The number of carboxylic acid groups (broad SMARTS) is 2. The minimum atomic E-state index is -4.82. The van der Waals surface area contributed by atoms with Crippen LogP contribution in [-0.4, -0.2) is 118 Å². The molecule has 152 valence electrons. The predicted molar refractivity (Wildman–Crippen MR) is 89.8 cm³/mol. The standard InChI is InChI=1S/C5H14NO.C4H9NO2.C3H8NO6P/c1-6(2,3)4-5-7;1-5(2)3-4(6)7;4-1(2(5)6)3(7)11(8,9)10/h7H,4-5H2,1-3H3;3H2,1-2H3,(H,6,7);1,3,7H,4H2,(H,5,6)(H2,8,9,10)/q+1;;/t;;1-,3?/m..1/s1. The van der Waals surface area contributed by atoms with Crippen LogP contribution in [0.3, 0.4) is 0 Å². The fourth-order valence-electron chi connectivity index (χ4n) is 0.907. The van der Waals surface area contributed by atoms with E-state index >= 15 is 0 Å². The minimum absolute atomic E-state index is 0.111. The first-order valence-corrected chi connectivity index (χ1v) is 8.63. The van der Waals surface area contributed by atoms with Gasteiger partial charge in [-0.3, -0.25) is 19.1 Å². The molecule has 12 nitrogen and oxygen atoms in total. The molecule has 0 rings (SSSR count). The topological polar surface area (TPSA) is 202 Å². The van der Waals surface area contributed by atoms with E-state index in [0.717, 1.165) is 11.0 Å². The van der Waals surface area contributed by atoms with Crippen LogP contribution in [0.15, 0.2) is 0 Å². The second-order valence-electron chi connectivity index (χ2n) is 6.24. The molecule has 0 heterocycles. The highest BCUT2D eigenvalue weighted by Crippen LogP contribution is 2.40. The van der Waals surface area contributed by atoms with E-state index in [-0.39, 0.29) is 13.2 Å². The van der Waals surface area contributed by atoms with E-state index < -0.39 is 31.4 Å². The first-order valence-electron chi connectivity index (χ1n) is 6.95. The van der Waals surface area contributed by atoms with Gasteiger partial charge in [-0.15, -0.1) is 0 Å². The van der Waals surface area contributed by atoms with Crippen molar-refractivity contribution in [2.24, 2.45) is 5.73 Å². The number of carboxylic acids is 2. The normalized spacial score (nSPS) is 13.7. The molecule has 0 aromatic carbocycles. The maximum atomic E-state index is 10.2. The molecule has 8 N–H and O–H groups in total. The van der Waals surface area contributed by atoms with Gasteiger partial charge in [0.1, 0.15) is 12.6 Å². The van der Waals surface area contributed by atoms with E-state index in [0.29, 0.717) is 0 Å². The summed E-state index contributed by atoms with van der Waals surface area (Å²) in [6, 6.07) is -1.96. The van der Waals surface area contributed by atoms with Crippen LogP contribution in [0.1, 0.15) is 0 Å². The molecule has 0 amide bonds. The molecule has 0 fully saturated rings. The van der Waals surface area contributed by atoms with Crippen LogP contribution >= 0.6 is 7.60 Å². The Balaban J connectivity index is -0.000000304. The molecule has 25 heavy (non-hydrogen) atoms. The van der Waals surface area contributed by atoms with Crippen molar-refractivity contribution in [1.29, 1.82) is 0 Å². The summed E-state index contributed by atoms with van der Waals surface area (Å²) in [6.07, 6.45) is 0. The first-order chi connectivity index (χ1) is 11.0. The number of nitrogens with zero attached hydrogens (tertiary/aromatic N) is 2. The lowest BCUT2D eigenvalue weighted by Gasteiger charge is -2.21. The molecule has 1 unspecified atom stereocenters. The van der Waals surface area contributed by atoms with Gasteiger partial charge < -0.3 is 40.4 Å². The van der Waals surface area contributed by atoms with Crippen molar-refractivity contribution in [1.82, 2.24) is 4.90 Å². The van der Waals surface area contributed by atoms with E-state index in [4.69, 9.17) is 35.9 Å². The van der Waals surface area contributed by atoms with Gasteiger partial charge in [0.2, 0.25) is 0 Å². The van der Waals surface area contributed by atoms with E-state index in [9.17, 15) is 14.2 Å². The van der Waals surface area contributed by atoms with Crippen LogP contribution in [0, 0.1) is 0 Å². The predicted octanol–water partition coefficient (Wildman–Crippen LogP) is -2.79. The Morgan fingerprint density at radius 3 is 1.60 bits per heavy atom. The Hall–Kier alpha value is -1.11. The van der Waals surface area contributed by atoms with Crippen LogP contribution in [0.5, 0.6) is 0 Å². The Labute approximate surface area is 146 Å². The van der Waals surface area contributed by atoms with Gasteiger partial charge in [-0.05, 0) is 14.1 Å². The van der Waals surface area contributed by atoms with Crippen molar-refractivity contribution in [3.05, 3.63) is 0 Å². The van der Waals surface area contributed by atoms with Crippen LogP contribution in [0.4, 0.5) is 0 Å². The lowest BCUT2D eigenvalue weighted by molar-refractivity contribution is -0.870. The molecular weight excluding hydrogens is 361 g/mol. The number of hydrogen-bond acceptors (Lipinski definition) is 7. The number of aliphatic carboxylic acids is 2. The molecule has 2 atom stereocenters. The minimum Gasteiger partial charge on any atom is -0.480 e. The number of hydrogen-bond donors (Lipinski definition) is 7. The molecule has 0 saturated heterocycles. The Morgan fingerprint density at radius 1 is 1.16 bits per heavy atom. The first kappa shape index (κ1) is 28.7. The molecular formula is C12H31N3O9P+. The number of quaternary nitrogens is 1. The van der Waals surface area contributed by atoms with Crippen molar-refractivity contribution < 1.29 is 48.9 Å². The van der Waals surface area contributed by atoms with Crippen LogP contribution in [-0.2, 0) is 14.2 Å². The van der Waals surface area contributed by atoms with E-state index in [1.807, 2.05) is 0 Å². The lowest BCUT2D eigenvalue weighted by atomic mass is 10.3. The quantitative estimate of drug-likeness (QED) is 0.174. The van der Waals surface area contributed by atoms with E-state index in [2.05, 4.69) is 21.1 Å². The molecule has 0 radical (unpaired) electrons. The lowest BCUT2D eigenvalue weighted by Crippen LogP contribution is -2.41. The molecule has 0 bridgehead atoms. The zero-order chi connectivity index (χ0) is 21.0. The third-order valence-corrected chi connectivity index (χ3v) is 3.18.